The number of carbonyl (C=O) groups is 1. The van der Waals surface area contributed by atoms with Crippen molar-refractivity contribution in [3.8, 4) is 0 Å². The van der Waals surface area contributed by atoms with Crippen LogP contribution in [0.4, 0.5) is 4.79 Å². The molecular weight excluding hydrogens is 242 g/mol. The monoisotopic (exact) mass is 266 g/mol. The van der Waals surface area contributed by atoms with Crippen molar-refractivity contribution < 1.29 is 14.0 Å². The Hall–Kier alpha value is -1.07. The van der Waals surface area contributed by atoms with E-state index in [2.05, 4.69) is 11.5 Å². The molecule has 0 aromatic rings. The Bertz CT molecular complexity index is 350. The molecule has 0 aromatic carbocycles. The number of hydrogen-bond donors (Lipinski definition) is 0. The van der Waals surface area contributed by atoms with E-state index in [9.17, 15) is 4.79 Å². The summed E-state index contributed by atoms with van der Waals surface area (Å²) in [6.45, 7) is 13.1. The van der Waals surface area contributed by atoms with E-state index in [0.717, 1.165) is 19.5 Å². The molecule has 0 aromatic heterocycles. The third-order valence-electron chi connectivity index (χ3n) is 5.11. The minimum absolute atomic E-state index is 0.170. The average molecular weight is 266 g/mol. The lowest BCUT2D eigenvalue weighted by Gasteiger charge is -2.53. The molecule has 106 valence electrons. The topological polar surface area (TPSA) is 32.8 Å². The zero-order valence-electron chi connectivity index (χ0n) is 11.6. The zero-order chi connectivity index (χ0) is 13.3. The highest BCUT2D eigenvalue weighted by Crippen LogP contribution is 2.29. The molecule has 0 spiro atoms. The third-order valence-corrected chi connectivity index (χ3v) is 5.11. The average Bonchev–Trinajstić information content (AvgIpc) is 2.97. The van der Waals surface area contributed by atoms with Gasteiger partial charge < -0.3 is 14.1 Å². The molecule has 0 N–H and O–H groups in total. The van der Waals surface area contributed by atoms with Crippen LogP contribution in [-0.4, -0.2) is 85.4 Å². The first-order valence-electron chi connectivity index (χ1n) is 7.34. The third kappa shape index (κ3) is 2.37. The van der Waals surface area contributed by atoms with Crippen molar-refractivity contribution in [1.82, 2.24) is 9.80 Å². The lowest BCUT2D eigenvalue weighted by atomic mass is 10.0. The number of amides is 1. The van der Waals surface area contributed by atoms with Gasteiger partial charge in [0, 0.05) is 32.6 Å². The molecule has 0 aliphatic carbocycles. The highest BCUT2D eigenvalue weighted by atomic mass is 16.6. The number of likely N-dealkylation sites (tertiary alicyclic amines) is 1. The molecule has 4 fully saturated rings. The van der Waals surface area contributed by atoms with Gasteiger partial charge in [-0.3, -0.25) is 4.90 Å². The number of rotatable bonds is 3. The molecule has 1 amide bonds. The molecule has 19 heavy (non-hydrogen) atoms. The lowest BCUT2D eigenvalue weighted by Crippen LogP contribution is -2.71. The number of hydrogen-bond acceptors (Lipinski definition) is 3. The second-order valence-electron chi connectivity index (χ2n) is 5.99. The van der Waals surface area contributed by atoms with Gasteiger partial charge >= 0.3 is 6.09 Å². The normalized spacial score (nSPS) is 37.4. The van der Waals surface area contributed by atoms with Gasteiger partial charge in [-0.05, 0) is 0 Å². The number of piperazine rings is 3. The summed E-state index contributed by atoms with van der Waals surface area (Å²) in [6, 6.07) is 0.624. The first-order valence-corrected chi connectivity index (χ1v) is 7.34. The van der Waals surface area contributed by atoms with Gasteiger partial charge in [-0.15, -0.1) is 0 Å². The predicted octanol–water partition coefficient (Wildman–Crippen LogP) is 0.529. The van der Waals surface area contributed by atoms with Crippen LogP contribution in [0.2, 0.25) is 0 Å². The number of fused-ring (bicyclic) bond motifs is 3. The van der Waals surface area contributed by atoms with Gasteiger partial charge in [-0.2, -0.15) is 0 Å². The van der Waals surface area contributed by atoms with E-state index >= 15 is 0 Å². The molecule has 4 saturated heterocycles. The number of ether oxygens (including phenoxy) is 1. The van der Waals surface area contributed by atoms with Gasteiger partial charge in [0.1, 0.15) is 12.6 Å². The van der Waals surface area contributed by atoms with Crippen LogP contribution in [0.25, 0.3) is 0 Å². The van der Waals surface area contributed by atoms with Crippen molar-refractivity contribution in [3.05, 3.63) is 12.7 Å². The van der Waals surface area contributed by atoms with E-state index in [-0.39, 0.29) is 6.09 Å². The van der Waals surface area contributed by atoms with Crippen LogP contribution in [0.3, 0.4) is 0 Å². The van der Waals surface area contributed by atoms with Gasteiger partial charge in [-0.1, -0.05) is 12.7 Å². The molecule has 5 heteroatoms. The van der Waals surface area contributed by atoms with Crippen LogP contribution < -0.4 is 0 Å². The quantitative estimate of drug-likeness (QED) is 0.552. The molecule has 4 rings (SSSR count). The van der Waals surface area contributed by atoms with Gasteiger partial charge in [0.05, 0.1) is 26.2 Å². The van der Waals surface area contributed by atoms with Crippen molar-refractivity contribution in [2.45, 2.75) is 12.5 Å². The zero-order valence-corrected chi connectivity index (χ0v) is 11.6. The summed E-state index contributed by atoms with van der Waals surface area (Å²) in [5.41, 5.74) is 0. The van der Waals surface area contributed by atoms with Crippen molar-refractivity contribution in [2.75, 3.05) is 59.0 Å². The van der Waals surface area contributed by atoms with E-state index in [1.54, 1.807) is 6.08 Å². The molecule has 0 saturated carbocycles. The molecule has 1 unspecified atom stereocenters. The number of carbonyl (C=O) groups excluding carboxylic acids is 1. The SMILES string of the molecule is C=CCOC(=O)N1CCC([N+]23CCN(CC2)CC3)C1. The number of nitrogens with zero attached hydrogens (tertiary/aromatic N) is 3. The molecule has 4 heterocycles. The fraction of sp³-hybridized carbons (Fsp3) is 0.786. The molecular formula is C14H24N3O2+. The Balaban J connectivity index is 1.59. The highest BCUT2D eigenvalue weighted by Gasteiger charge is 2.47. The predicted molar refractivity (Wildman–Crippen MR) is 72.8 cm³/mol. The summed E-state index contributed by atoms with van der Waals surface area (Å²) in [6.07, 6.45) is 2.58. The molecule has 5 nitrogen and oxygen atoms in total. The van der Waals surface area contributed by atoms with Crippen molar-refractivity contribution in [2.24, 2.45) is 0 Å². The van der Waals surface area contributed by atoms with Crippen LogP contribution in [0.15, 0.2) is 12.7 Å². The molecule has 4 aliphatic rings. The molecule has 2 bridgehead atoms. The lowest BCUT2D eigenvalue weighted by molar-refractivity contribution is -0.961. The highest BCUT2D eigenvalue weighted by molar-refractivity contribution is 5.68. The van der Waals surface area contributed by atoms with Crippen molar-refractivity contribution in [1.29, 1.82) is 0 Å². The Morgan fingerprint density at radius 3 is 2.58 bits per heavy atom. The standard InChI is InChI=1S/C14H24N3O2/c1-2-11-19-14(18)16-4-3-13(12-16)17-8-5-15(6-9-17)7-10-17/h2,13H,1,3-12H2/q+1. The molecule has 4 aliphatic heterocycles. The summed E-state index contributed by atoms with van der Waals surface area (Å²) >= 11 is 0. The van der Waals surface area contributed by atoms with Crippen LogP contribution in [-0.2, 0) is 4.74 Å². The van der Waals surface area contributed by atoms with Gasteiger partial charge in [0.25, 0.3) is 0 Å². The molecule has 0 radical (unpaired) electrons. The van der Waals surface area contributed by atoms with Crippen LogP contribution in [0, 0.1) is 0 Å². The van der Waals surface area contributed by atoms with E-state index < -0.39 is 0 Å². The summed E-state index contributed by atoms with van der Waals surface area (Å²) in [7, 11) is 0. The summed E-state index contributed by atoms with van der Waals surface area (Å²) in [5.74, 6) is 0. The maximum absolute atomic E-state index is 11.9. The summed E-state index contributed by atoms with van der Waals surface area (Å²) in [5, 5.41) is 0. The van der Waals surface area contributed by atoms with E-state index in [0.29, 0.717) is 12.6 Å². The van der Waals surface area contributed by atoms with Gasteiger partial charge in [0.2, 0.25) is 0 Å². The van der Waals surface area contributed by atoms with E-state index in [1.807, 2.05) is 4.90 Å². The van der Waals surface area contributed by atoms with Crippen LogP contribution in [0.5, 0.6) is 0 Å². The second-order valence-corrected chi connectivity index (χ2v) is 5.99. The maximum atomic E-state index is 11.9. The Labute approximate surface area is 115 Å². The van der Waals surface area contributed by atoms with E-state index in [4.69, 9.17) is 4.74 Å². The first-order chi connectivity index (χ1) is 9.23. The number of quaternary nitrogens is 1. The maximum Gasteiger partial charge on any atom is 0.410 e. The fourth-order valence-electron chi connectivity index (χ4n) is 3.82. The van der Waals surface area contributed by atoms with Crippen molar-refractivity contribution >= 4 is 6.09 Å². The largest absolute Gasteiger partial charge is 0.445 e. The minimum atomic E-state index is -0.170. The van der Waals surface area contributed by atoms with Crippen molar-refractivity contribution in [3.63, 3.8) is 0 Å². The Morgan fingerprint density at radius 2 is 1.95 bits per heavy atom. The smallest absolute Gasteiger partial charge is 0.410 e. The Kier molecular flexibility index (Phi) is 3.50. The van der Waals surface area contributed by atoms with Crippen LogP contribution in [0.1, 0.15) is 6.42 Å². The molecule has 1 atom stereocenters. The second kappa shape index (κ2) is 5.13. The van der Waals surface area contributed by atoms with Gasteiger partial charge in [-0.25, -0.2) is 4.79 Å². The summed E-state index contributed by atoms with van der Waals surface area (Å²) in [4.78, 5) is 16.3. The first kappa shape index (κ1) is 12.9. The Morgan fingerprint density at radius 1 is 1.26 bits per heavy atom. The summed E-state index contributed by atoms with van der Waals surface area (Å²) < 4.78 is 6.38. The fourth-order valence-corrected chi connectivity index (χ4v) is 3.82. The van der Waals surface area contributed by atoms with Gasteiger partial charge in [0.15, 0.2) is 0 Å². The van der Waals surface area contributed by atoms with E-state index in [1.165, 1.54) is 43.8 Å². The minimum Gasteiger partial charge on any atom is -0.445 e. The van der Waals surface area contributed by atoms with Crippen LogP contribution >= 0.6 is 0 Å².